The summed E-state index contributed by atoms with van der Waals surface area (Å²) in [5.74, 6) is 0.724. The van der Waals surface area contributed by atoms with Gasteiger partial charge in [-0.3, -0.25) is 0 Å². The molecule has 0 N–H and O–H groups in total. The van der Waals surface area contributed by atoms with E-state index in [4.69, 9.17) is 9.97 Å². The molecule has 54 heavy (non-hydrogen) atoms. The molecule has 0 fully saturated rings. The van der Waals surface area contributed by atoms with E-state index in [2.05, 4.69) is 178 Å². The van der Waals surface area contributed by atoms with Crippen molar-refractivity contribution in [3.05, 3.63) is 181 Å². The number of fused-ring (bicyclic) bond motifs is 9. The Kier molecular flexibility index (Phi) is 6.80. The molecule has 8 aromatic carbocycles. The minimum absolute atomic E-state index is 0.108. The molecule has 0 saturated heterocycles. The standard InChI is InChI=1S/C51H34N2S/c1-51(2)43-28-24-31-13-6-7-16-35(31)48(43)41-25-23-33(29-44(41)51)34-26-27-38(37-18-9-8-17-36(34)37)45-30-46(53-50(52-45)32-14-4-3-5-15-32)42-21-12-20-40-39-19-10-11-22-47(39)54-49(40)42/h3-30H,1-2H3. The summed E-state index contributed by atoms with van der Waals surface area (Å²) in [5, 5.41) is 7.54. The smallest absolute Gasteiger partial charge is 0.160 e. The van der Waals surface area contributed by atoms with Crippen molar-refractivity contribution in [2.75, 3.05) is 0 Å². The van der Waals surface area contributed by atoms with Crippen LogP contribution in [-0.4, -0.2) is 9.97 Å². The molecule has 2 heterocycles. The van der Waals surface area contributed by atoms with E-state index in [-0.39, 0.29) is 5.41 Å². The lowest BCUT2D eigenvalue weighted by Gasteiger charge is -2.22. The van der Waals surface area contributed by atoms with E-state index in [1.54, 1.807) is 0 Å². The van der Waals surface area contributed by atoms with Crippen LogP contribution in [0.15, 0.2) is 170 Å². The Morgan fingerprint density at radius 3 is 1.91 bits per heavy atom. The third-order valence-electron chi connectivity index (χ3n) is 11.5. The summed E-state index contributed by atoms with van der Waals surface area (Å²) in [7, 11) is 0. The van der Waals surface area contributed by atoms with E-state index in [9.17, 15) is 0 Å². The number of rotatable bonds is 4. The van der Waals surface area contributed by atoms with Crippen LogP contribution in [0.1, 0.15) is 25.0 Å². The Balaban J connectivity index is 1.09. The molecule has 0 unspecified atom stereocenters. The van der Waals surface area contributed by atoms with Gasteiger partial charge in [-0.2, -0.15) is 0 Å². The summed E-state index contributed by atoms with van der Waals surface area (Å²) in [6.45, 7) is 4.74. The molecule has 0 radical (unpaired) electrons. The highest BCUT2D eigenvalue weighted by molar-refractivity contribution is 7.26. The molecule has 254 valence electrons. The molecular weight excluding hydrogens is 673 g/mol. The van der Waals surface area contributed by atoms with Crippen molar-refractivity contribution < 1.29 is 0 Å². The topological polar surface area (TPSA) is 25.8 Å². The molecular formula is C51H34N2S. The molecule has 3 heteroatoms. The van der Waals surface area contributed by atoms with Crippen molar-refractivity contribution in [2.45, 2.75) is 19.3 Å². The molecule has 0 aliphatic heterocycles. The zero-order valence-electron chi connectivity index (χ0n) is 30.0. The van der Waals surface area contributed by atoms with E-state index in [0.29, 0.717) is 0 Å². The molecule has 2 nitrogen and oxygen atoms in total. The zero-order valence-corrected chi connectivity index (χ0v) is 30.8. The van der Waals surface area contributed by atoms with Gasteiger partial charge >= 0.3 is 0 Å². The Morgan fingerprint density at radius 1 is 0.426 bits per heavy atom. The first-order valence-corrected chi connectivity index (χ1v) is 19.4. The lowest BCUT2D eigenvalue weighted by Crippen LogP contribution is -2.15. The SMILES string of the molecule is CC1(C)c2cc(-c3ccc(-c4cc(-c5cccc6c5sc5ccccc56)nc(-c5ccccc5)n4)c4ccccc34)ccc2-c2c1ccc1ccccc21. The van der Waals surface area contributed by atoms with Crippen molar-refractivity contribution in [1.29, 1.82) is 0 Å². The maximum atomic E-state index is 5.28. The van der Waals surface area contributed by atoms with Crippen molar-refractivity contribution in [2.24, 2.45) is 0 Å². The summed E-state index contributed by atoms with van der Waals surface area (Å²) in [5.41, 5.74) is 12.9. The number of aromatic nitrogens is 2. The van der Waals surface area contributed by atoms with Gasteiger partial charge in [0.05, 0.1) is 11.4 Å². The predicted octanol–water partition coefficient (Wildman–Crippen LogP) is 14.1. The van der Waals surface area contributed by atoms with Crippen LogP contribution in [0.4, 0.5) is 0 Å². The lowest BCUT2D eigenvalue weighted by atomic mass is 9.81. The van der Waals surface area contributed by atoms with Crippen LogP contribution in [0.25, 0.3) is 97.9 Å². The van der Waals surface area contributed by atoms with Crippen molar-refractivity contribution in [3.8, 4) is 56.2 Å². The molecule has 0 atom stereocenters. The second kappa shape index (κ2) is 11.8. The number of nitrogens with zero attached hydrogens (tertiary/aromatic N) is 2. The normalized spacial score (nSPS) is 13.1. The molecule has 0 saturated carbocycles. The fourth-order valence-electron chi connectivity index (χ4n) is 8.84. The maximum absolute atomic E-state index is 5.28. The van der Waals surface area contributed by atoms with Gasteiger partial charge in [0.1, 0.15) is 0 Å². The second-order valence-corrected chi connectivity index (χ2v) is 16.0. The van der Waals surface area contributed by atoms with Gasteiger partial charge in [0, 0.05) is 42.3 Å². The lowest BCUT2D eigenvalue weighted by molar-refractivity contribution is 0.661. The van der Waals surface area contributed by atoms with Crippen LogP contribution < -0.4 is 0 Å². The van der Waals surface area contributed by atoms with Crippen LogP contribution in [0.2, 0.25) is 0 Å². The van der Waals surface area contributed by atoms with Gasteiger partial charge in [0.25, 0.3) is 0 Å². The second-order valence-electron chi connectivity index (χ2n) is 14.9. The Hall–Kier alpha value is -6.42. The Bertz CT molecular complexity index is 3130. The van der Waals surface area contributed by atoms with Crippen LogP contribution in [0, 0.1) is 0 Å². The molecule has 11 rings (SSSR count). The number of hydrogen-bond acceptors (Lipinski definition) is 3. The van der Waals surface area contributed by atoms with Gasteiger partial charge < -0.3 is 0 Å². The third kappa shape index (κ3) is 4.65. The van der Waals surface area contributed by atoms with Gasteiger partial charge in [-0.1, -0.05) is 166 Å². The fourth-order valence-corrected chi connectivity index (χ4v) is 10.1. The molecule has 0 amide bonds. The monoisotopic (exact) mass is 706 g/mol. The van der Waals surface area contributed by atoms with Gasteiger partial charge in [-0.15, -0.1) is 11.3 Å². The van der Waals surface area contributed by atoms with Crippen molar-refractivity contribution in [1.82, 2.24) is 9.97 Å². The largest absolute Gasteiger partial charge is 0.228 e. The fraction of sp³-hybridized carbons (Fsp3) is 0.0588. The summed E-state index contributed by atoms with van der Waals surface area (Å²) >= 11 is 1.83. The van der Waals surface area contributed by atoms with E-state index in [1.807, 2.05) is 17.4 Å². The Morgan fingerprint density at radius 2 is 1.07 bits per heavy atom. The first-order valence-electron chi connectivity index (χ1n) is 18.6. The molecule has 0 bridgehead atoms. The summed E-state index contributed by atoms with van der Waals surface area (Å²) in [4.78, 5) is 10.5. The van der Waals surface area contributed by atoms with E-state index >= 15 is 0 Å². The highest BCUT2D eigenvalue weighted by atomic mass is 32.1. The van der Waals surface area contributed by atoms with Gasteiger partial charge in [-0.05, 0) is 73.1 Å². The average molecular weight is 707 g/mol. The van der Waals surface area contributed by atoms with E-state index in [0.717, 1.165) is 33.9 Å². The molecule has 10 aromatic rings. The average Bonchev–Trinajstić information content (AvgIpc) is 3.72. The summed E-state index contributed by atoms with van der Waals surface area (Å²) in [6, 6.07) is 61.6. The molecule has 1 aliphatic carbocycles. The van der Waals surface area contributed by atoms with E-state index < -0.39 is 0 Å². The van der Waals surface area contributed by atoms with Gasteiger partial charge in [0.2, 0.25) is 0 Å². The van der Waals surface area contributed by atoms with Gasteiger partial charge in [0.15, 0.2) is 5.82 Å². The maximum Gasteiger partial charge on any atom is 0.160 e. The highest BCUT2D eigenvalue weighted by Crippen LogP contribution is 2.52. The highest BCUT2D eigenvalue weighted by Gasteiger charge is 2.36. The van der Waals surface area contributed by atoms with E-state index in [1.165, 1.54) is 75.1 Å². The quantitative estimate of drug-likeness (QED) is 0.182. The molecule has 0 spiro atoms. The number of thiophene rings is 1. The first-order chi connectivity index (χ1) is 26.5. The molecule has 1 aliphatic rings. The van der Waals surface area contributed by atoms with Crippen molar-refractivity contribution >= 4 is 53.1 Å². The van der Waals surface area contributed by atoms with Crippen LogP contribution in [0.5, 0.6) is 0 Å². The van der Waals surface area contributed by atoms with Crippen LogP contribution in [-0.2, 0) is 5.41 Å². The van der Waals surface area contributed by atoms with Gasteiger partial charge in [-0.25, -0.2) is 9.97 Å². The first kappa shape index (κ1) is 31.1. The number of hydrogen-bond donors (Lipinski definition) is 0. The zero-order chi connectivity index (χ0) is 36.0. The minimum atomic E-state index is -0.108. The van der Waals surface area contributed by atoms with Crippen LogP contribution in [0.3, 0.4) is 0 Å². The number of benzene rings is 8. The summed E-state index contributed by atoms with van der Waals surface area (Å²) in [6.07, 6.45) is 0. The Labute approximate surface area is 318 Å². The summed E-state index contributed by atoms with van der Waals surface area (Å²) < 4.78 is 2.53. The third-order valence-corrected chi connectivity index (χ3v) is 12.7. The minimum Gasteiger partial charge on any atom is -0.228 e. The van der Waals surface area contributed by atoms with Crippen LogP contribution >= 0.6 is 11.3 Å². The molecule has 2 aromatic heterocycles. The van der Waals surface area contributed by atoms with Crippen molar-refractivity contribution in [3.63, 3.8) is 0 Å². The predicted molar refractivity (Wildman–Crippen MR) is 229 cm³/mol.